The van der Waals surface area contributed by atoms with Gasteiger partial charge in [-0.25, -0.2) is 4.79 Å². The number of rotatable bonds is 6. The lowest BCUT2D eigenvalue weighted by Crippen LogP contribution is -2.43. The summed E-state index contributed by atoms with van der Waals surface area (Å²) in [5.74, 6) is -1.49. The van der Waals surface area contributed by atoms with Crippen molar-refractivity contribution in [1.29, 1.82) is 0 Å². The van der Waals surface area contributed by atoms with Gasteiger partial charge in [0.1, 0.15) is 0 Å². The summed E-state index contributed by atoms with van der Waals surface area (Å²) < 4.78 is 0. The summed E-state index contributed by atoms with van der Waals surface area (Å²) in [6.07, 6.45) is -1.41. The first-order chi connectivity index (χ1) is 7.22. The predicted molar refractivity (Wildman–Crippen MR) is 59.0 cm³/mol. The van der Waals surface area contributed by atoms with Crippen LogP contribution < -0.4 is 10.6 Å². The van der Waals surface area contributed by atoms with Gasteiger partial charge in [-0.3, -0.25) is 4.79 Å². The molecule has 0 rings (SSSR count). The molecule has 94 valence electrons. The second kappa shape index (κ2) is 6.44. The lowest BCUT2D eigenvalue weighted by atomic mass is 10.1. The van der Waals surface area contributed by atoms with Gasteiger partial charge in [-0.1, -0.05) is 0 Å². The first kappa shape index (κ1) is 14.9. The first-order valence-corrected chi connectivity index (χ1v) is 5.15. The fourth-order valence-corrected chi connectivity index (χ4v) is 0.880. The number of carbonyl (C=O) groups excluding carboxylic acids is 1. The van der Waals surface area contributed by atoms with Gasteiger partial charge in [0, 0.05) is 18.5 Å². The van der Waals surface area contributed by atoms with Gasteiger partial charge in [-0.2, -0.15) is 0 Å². The fraction of sp³-hybridized carbons (Fsp3) is 0.800. The number of hydrogen-bond donors (Lipinski definition) is 4. The Hall–Kier alpha value is -1.14. The number of carbonyl (C=O) groups is 2. The molecule has 1 atom stereocenters. The third-order valence-electron chi connectivity index (χ3n) is 1.80. The van der Waals surface area contributed by atoms with Gasteiger partial charge < -0.3 is 20.8 Å². The van der Waals surface area contributed by atoms with Crippen LogP contribution in [0, 0.1) is 0 Å². The maximum absolute atomic E-state index is 11.2. The van der Waals surface area contributed by atoms with E-state index in [4.69, 9.17) is 10.2 Å². The van der Waals surface area contributed by atoms with Crippen molar-refractivity contribution in [2.24, 2.45) is 0 Å². The maximum Gasteiger partial charge on any atom is 0.332 e. The number of carboxylic acid groups (broad SMARTS) is 1. The van der Waals surface area contributed by atoms with E-state index in [1.807, 2.05) is 20.8 Å². The standard InChI is InChI=1S/C10H20N2O4/c1-10(2,3)12-6-8(14)11-5-4-7(13)9(15)16/h7,12-13H,4-6H2,1-3H3,(H,11,14)(H,15,16). The largest absolute Gasteiger partial charge is 0.479 e. The Labute approximate surface area is 95.0 Å². The van der Waals surface area contributed by atoms with Gasteiger partial charge in [0.05, 0.1) is 6.54 Å². The molecule has 0 aliphatic heterocycles. The van der Waals surface area contributed by atoms with Crippen LogP contribution in [-0.4, -0.2) is 46.8 Å². The third kappa shape index (κ3) is 8.19. The Bertz CT molecular complexity index is 248. The van der Waals surface area contributed by atoms with Gasteiger partial charge >= 0.3 is 5.97 Å². The van der Waals surface area contributed by atoms with E-state index in [0.717, 1.165) is 0 Å². The Kier molecular flexibility index (Phi) is 5.98. The van der Waals surface area contributed by atoms with Crippen LogP contribution in [0.1, 0.15) is 27.2 Å². The van der Waals surface area contributed by atoms with E-state index in [9.17, 15) is 9.59 Å². The molecule has 6 nitrogen and oxygen atoms in total. The molecule has 0 aliphatic carbocycles. The zero-order chi connectivity index (χ0) is 12.8. The van der Waals surface area contributed by atoms with Crippen LogP contribution in [0.3, 0.4) is 0 Å². The minimum absolute atomic E-state index is 0.0105. The van der Waals surface area contributed by atoms with Crippen molar-refractivity contribution in [3.05, 3.63) is 0 Å². The Morgan fingerprint density at radius 2 is 1.88 bits per heavy atom. The fourth-order valence-electron chi connectivity index (χ4n) is 0.880. The SMILES string of the molecule is CC(C)(C)NCC(=O)NCCC(O)C(=O)O. The smallest absolute Gasteiger partial charge is 0.332 e. The van der Waals surface area contributed by atoms with E-state index < -0.39 is 12.1 Å². The summed E-state index contributed by atoms with van der Waals surface area (Å²) in [5.41, 5.74) is -0.141. The summed E-state index contributed by atoms with van der Waals surface area (Å²) in [6.45, 7) is 6.14. The molecule has 0 spiro atoms. The first-order valence-electron chi connectivity index (χ1n) is 5.15. The molecule has 0 aromatic rings. The zero-order valence-electron chi connectivity index (χ0n) is 9.91. The van der Waals surface area contributed by atoms with Crippen LogP contribution in [0.4, 0.5) is 0 Å². The van der Waals surface area contributed by atoms with Gasteiger partial charge in [-0.15, -0.1) is 0 Å². The summed E-state index contributed by atoms with van der Waals surface area (Å²) >= 11 is 0. The molecule has 0 radical (unpaired) electrons. The minimum Gasteiger partial charge on any atom is -0.479 e. The highest BCUT2D eigenvalue weighted by molar-refractivity contribution is 5.78. The lowest BCUT2D eigenvalue weighted by molar-refractivity contribution is -0.147. The van der Waals surface area contributed by atoms with Crippen molar-refractivity contribution >= 4 is 11.9 Å². The molecular formula is C10H20N2O4. The molecule has 1 amide bonds. The van der Waals surface area contributed by atoms with Crippen molar-refractivity contribution in [1.82, 2.24) is 10.6 Å². The predicted octanol–water partition coefficient (Wildman–Crippen LogP) is -0.674. The Morgan fingerprint density at radius 3 is 2.31 bits per heavy atom. The number of carboxylic acids is 1. The highest BCUT2D eigenvalue weighted by atomic mass is 16.4. The highest BCUT2D eigenvalue weighted by Gasteiger charge is 2.14. The number of nitrogens with one attached hydrogen (secondary N) is 2. The van der Waals surface area contributed by atoms with E-state index in [0.29, 0.717) is 0 Å². The second-order valence-electron chi connectivity index (χ2n) is 4.60. The van der Waals surface area contributed by atoms with E-state index in [2.05, 4.69) is 10.6 Å². The molecule has 16 heavy (non-hydrogen) atoms. The molecule has 0 aliphatic rings. The van der Waals surface area contributed by atoms with Crippen molar-refractivity contribution in [2.45, 2.75) is 38.8 Å². The topological polar surface area (TPSA) is 98.7 Å². The van der Waals surface area contributed by atoms with Gasteiger partial charge in [0.25, 0.3) is 0 Å². The van der Waals surface area contributed by atoms with Crippen molar-refractivity contribution < 1.29 is 19.8 Å². The van der Waals surface area contributed by atoms with E-state index in [1.54, 1.807) is 0 Å². The molecular weight excluding hydrogens is 212 g/mol. The van der Waals surface area contributed by atoms with Crippen LogP contribution in [0.25, 0.3) is 0 Å². The van der Waals surface area contributed by atoms with E-state index in [-0.39, 0.29) is 31.0 Å². The highest BCUT2D eigenvalue weighted by Crippen LogP contribution is 1.96. The molecule has 0 bridgehead atoms. The van der Waals surface area contributed by atoms with Crippen LogP contribution >= 0.6 is 0 Å². The van der Waals surface area contributed by atoms with Crippen molar-refractivity contribution in [3.8, 4) is 0 Å². The second-order valence-corrected chi connectivity index (χ2v) is 4.60. The van der Waals surface area contributed by atoms with Crippen LogP contribution in [0.2, 0.25) is 0 Å². The third-order valence-corrected chi connectivity index (χ3v) is 1.80. The number of aliphatic hydroxyl groups excluding tert-OH is 1. The van der Waals surface area contributed by atoms with Gasteiger partial charge in [0.2, 0.25) is 5.91 Å². The van der Waals surface area contributed by atoms with Crippen LogP contribution in [0.15, 0.2) is 0 Å². The molecule has 0 saturated carbocycles. The van der Waals surface area contributed by atoms with E-state index >= 15 is 0 Å². The maximum atomic E-state index is 11.2. The lowest BCUT2D eigenvalue weighted by Gasteiger charge is -2.20. The number of amides is 1. The zero-order valence-corrected chi connectivity index (χ0v) is 9.91. The summed E-state index contributed by atoms with van der Waals surface area (Å²) in [6, 6.07) is 0. The molecule has 0 aromatic carbocycles. The van der Waals surface area contributed by atoms with Crippen LogP contribution in [0.5, 0.6) is 0 Å². The molecule has 0 fully saturated rings. The summed E-state index contributed by atoms with van der Waals surface area (Å²) in [5, 5.41) is 22.8. The van der Waals surface area contributed by atoms with Gasteiger partial charge in [-0.05, 0) is 20.8 Å². The molecule has 0 heterocycles. The number of aliphatic carboxylic acids is 1. The average Bonchev–Trinajstić information content (AvgIpc) is 2.13. The average molecular weight is 232 g/mol. The molecule has 4 N–H and O–H groups in total. The normalized spacial score (nSPS) is 13.2. The van der Waals surface area contributed by atoms with E-state index in [1.165, 1.54) is 0 Å². The number of hydrogen-bond acceptors (Lipinski definition) is 4. The molecule has 1 unspecified atom stereocenters. The van der Waals surface area contributed by atoms with Crippen molar-refractivity contribution in [2.75, 3.05) is 13.1 Å². The summed E-state index contributed by atoms with van der Waals surface area (Å²) in [4.78, 5) is 21.5. The molecule has 0 aromatic heterocycles. The number of aliphatic hydroxyl groups is 1. The van der Waals surface area contributed by atoms with Gasteiger partial charge in [0.15, 0.2) is 6.10 Å². The van der Waals surface area contributed by atoms with Crippen molar-refractivity contribution in [3.63, 3.8) is 0 Å². The summed E-state index contributed by atoms with van der Waals surface area (Å²) in [7, 11) is 0. The Morgan fingerprint density at radius 1 is 1.31 bits per heavy atom. The molecule has 6 heteroatoms. The minimum atomic E-state index is -1.42. The quantitative estimate of drug-likeness (QED) is 0.486. The monoisotopic (exact) mass is 232 g/mol. The Balaban J connectivity index is 3.63. The van der Waals surface area contributed by atoms with Crippen LogP contribution in [-0.2, 0) is 9.59 Å². The molecule has 0 saturated heterocycles.